The largest absolute Gasteiger partial charge is 0.461 e. The molecule has 1 saturated heterocycles. The van der Waals surface area contributed by atoms with Gasteiger partial charge in [-0.05, 0) is 48.4 Å². The minimum atomic E-state index is -3.56. The zero-order chi connectivity index (χ0) is 29.9. The van der Waals surface area contributed by atoms with E-state index in [0.29, 0.717) is 50.4 Å². The summed E-state index contributed by atoms with van der Waals surface area (Å²) in [7, 11) is -2.02. The van der Waals surface area contributed by atoms with Crippen molar-refractivity contribution in [1.29, 1.82) is 0 Å². The Labute approximate surface area is 247 Å². The third kappa shape index (κ3) is 6.48. The van der Waals surface area contributed by atoms with E-state index in [4.69, 9.17) is 9.47 Å². The van der Waals surface area contributed by atoms with Crippen LogP contribution in [0.2, 0.25) is 0 Å². The van der Waals surface area contributed by atoms with Crippen LogP contribution in [-0.4, -0.2) is 76.1 Å². The van der Waals surface area contributed by atoms with Crippen LogP contribution in [0, 0.1) is 0 Å². The quantitative estimate of drug-likeness (QED) is 0.327. The van der Waals surface area contributed by atoms with Crippen molar-refractivity contribution in [3.8, 4) is 0 Å². The van der Waals surface area contributed by atoms with Crippen LogP contribution in [0.25, 0.3) is 10.9 Å². The van der Waals surface area contributed by atoms with Gasteiger partial charge in [0.1, 0.15) is 6.10 Å². The number of hydrogen-bond donors (Lipinski definition) is 2. The Balaban J connectivity index is 1.49. The zero-order valence-corrected chi connectivity index (χ0v) is 25.2. The summed E-state index contributed by atoms with van der Waals surface area (Å²) < 4.78 is 40.3. The lowest BCUT2D eigenvalue weighted by molar-refractivity contribution is -0.134. The Morgan fingerprint density at radius 3 is 2.60 bits per heavy atom. The first kappa shape index (κ1) is 30.1. The van der Waals surface area contributed by atoms with Gasteiger partial charge < -0.3 is 24.7 Å². The summed E-state index contributed by atoms with van der Waals surface area (Å²) in [5.74, 6) is -0.212. The summed E-state index contributed by atoms with van der Waals surface area (Å²) in [5, 5.41) is 7.48. The lowest BCUT2D eigenvalue weighted by Gasteiger charge is -2.30. The van der Waals surface area contributed by atoms with Crippen molar-refractivity contribution in [1.82, 2.24) is 15.2 Å². The van der Waals surface area contributed by atoms with Gasteiger partial charge >= 0.3 is 0 Å². The predicted molar refractivity (Wildman–Crippen MR) is 162 cm³/mol. The Hall–Kier alpha value is -3.41. The lowest BCUT2D eigenvalue weighted by Crippen LogP contribution is -2.51. The molecule has 2 atom stereocenters. The second-order valence-corrected chi connectivity index (χ2v) is 13.6. The van der Waals surface area contributed by atoms with Crippen molar-refractivity contribution in [3.05, 3.63) is 65.4 Å². The van der Waals surface area contributed by atoms with Crippen LogP contribution < -0.4 is 14.9 Å². The minimum absolute atomic E-state index is 0.0228. The Morgan fingerprint density at radius 2 is 1.90 bits per heavy atom. The van der Waals surface area contributed by atoms with E-state index in [1.54, 1.807) is 6.07 Å². The second kappa shape index (κ2) is 12.8. The van der Waals surface area contributed by atoms with Crippen LogP contribution in [0.1, 0.15) is 54.1 Å². The summed E-state index contributed by atoms with van der Waals surface area (Å²) in [4.78, 5) is 25.6. The van der Waals surface area contributed by atoms with Gasteiger partial charge in [0.2, 0.25) is 10.0 Å². The molecule has 42 heavy (non-hydrogen) atoms. The number of sulfonamides is 1. The molecule has 2 aliphatic rings. The molecule has 1 amide bonds. The van der Waals surface area contributed by atoms with E-state index in [9.17, 15) is 18.0 Å². The van der Waals surface area contributed by atoms with Gasteiger partial charge in [-0.25, -0.2) is 8.42 Å². The maximum atomic E-state index is 14.0. The van der Waals surface area contributed by atoms with Crippen LogP contribution in [0.15, 0.2) is 48.7 Å². The number of carbonyl (C=O) groups excluding carboxylic acids is 2. The molecule has 2 aliphatic heterocycles. The number of nitrogens with zero attached hydrogens (tertiary/aromatic N) is 2. The third-order valence-electron chi connectivity index (χ3n) is 8.34. The van der Waals surface area contributed by atoms with Gasteiger partial charge in [-0.15, -0.1) is 0 Å². The second-order valence-electron chi connectivity index (χ2n) is 11.4. The average Bonchev–Trinajstić information content (AvgIpc) is 3.33. The van der Waals surface area contributed by atoms with Crippen molar-refractivity contribution in [2.45, 2.75) is 63.8 Å². The van der Waals surface area contributed by atoms with Gasteiger partial charge in [0.05, 0.1) is 23.0 Å². The first-order valence-electron chi connectivity index (χ1n) is 14.6. The molecule has 0 aliphatic carbocycles. The molecule has 0 spiro atoms. The fourth-order valence-electron chi connectivity index (χ4n) is 5.89. The first-order chi connectivity index (χ1) is 20.2. The number of carbonyl (C=O) groups is 2. The van der Waals surface area contributed by atoms with E-state index in [2.05, 4.69) is 24.5 Å². The number of hydrogen-bond acceptors (Lipinski definition) is 7. The molecule has 1 aromatic heterocycles. The lowest BCUT2D eigenvalue weighted by atomic mass is 9.98. The SMILES string of the molecule is CC(C)c1cn2c3c(cc(C(=O)N[C@@H](Cc4ccccc4)[C@@H](CNC4CCOCC4)OC=O)cc13)N(C)S(=O)(=O)CC2. The van der Waals surface area contributed by atoms with E-state index in [1.807, 2.05) is 47.2 Å². The monoisotopic (exact) mass is 596 g/mol. The van der Waals surface area contributed by atoms with Crippen LogP contribution in [0.3, 0.4) is 0 Å². The molecule has 226 valence electrons. The van der Waals surface area contributed by atoms with Crippen LogP contribution >= 0.6 is 0 Å². The molecule has 0 unspecified atom stereocenters. The van der Waals surface area contributed by atoms with Gasteiger partial charge in [-0.2, -0.15) is 0 Å². The molecule has 2 aromatic carbocycles. The zero-order valence-electron chi connectivity index (χ0n) is 24.4. The number of amides is 1. The molecule has 1 fully saturated rings. The highest BCUT2D eigenvalue weighted by atomic mass is 32.2. The van der Waals surface area contributed by atoms with Gasteiger partial charge in [-0.3, -0.25) is 13.9 Å². The number of rotatable bonds is 11. The van der Waals surface area contributed by atoms with Gasteiger partial charge in [0.15, 0.2) is 0 Å². The smallest absolute Gasteiger partial charge is 0.293 e. The average molecular weight is 597 g/mol. The number of anilines is 1. The first-order valence-corrected chi connectivity index (χ1v) is 16.2. The summed E-state index contributed by atoms with van der Waals surface area (Å²) in [5.41, 5.74) is 3.67. The Morgan fingerprint density at radius 1 is 1.17 bits per heavy atom. The van der Waals surface area contributed by atoms with Gasteiger partial charge in [0.25, 0.3) is 12.4 Å². The Kier molecular flexibility index (Phi) is 9.19. The molecular weight excluding hydrogens is 556 g/mol. The fourth-order valence-corrected chi connectivity index (χ4v) is 7.03. The highest BCUT2D eigenvalue weighted by Gasteiger charge is 2.31. The maximum absolute atomic E-state index is 14.0. The topological polar surface area (TPSA) is 119 Å². The highest BCUT2D eigenvalue weighted by Crippen LogP contribution is 2.37. The molecule has 0 saturated carbocycles. The number of ether oxygens (including phenoxy) is 2. The summed E-state index contributed by atoms with van der Waals surface area (Å²) in [6.45, 7) is 6.66. The summed E-state index contributed by atoms with van der Waals surface area (Å²) in [6, 6.07) is 12.9. The van der Waals surface area contributed by atoms with Crippen molar-refractivity contribution >= 4 is 39.0 Å². The number of aryl methyl sites for hydroxylation is 1. The highest BCUT2D eigenvalue weighted by molar-refractivity contribution is 7.92. The van der Waals surface area contributed by atoms with Crippen molar-refractivity contribution in [2.75, 3.05) is 36.9 Å². The van der Waals surface area contributed by atoms with Crippen LogP contribution in [0.5, 0.6) is 0 Å². The van der Waals surface area contributed by atoms with E-state index in [1.165, 1.54) is 11.4 Å². The standard InChI is InChI=1S/C31H40N4O6S/c1-21(2)26-19-35-11-14-42(38,39)34(3)28-17-23(16-25(26)30(28)35)31(37)33-27(15-22-7-5-4-6-8-22)29(41-20-36)18-32-24-9-12-40-13-10-24/h4-8,16-17,19-21,24,27,29,32H,9-15,18H2,1-3H3,(H,33,37)/t27-,29+/m0/s1. The van der Waals surface area contributed by atoms with E-state index in [0.717, 1.165) is 34.9 Å². The molecule has 3 heterocycles. The van der Waals surface area contributed by atoms with Gasteiger partial charge in [0, 0.05) is 56.5 Å². The summed E-state index contributed by atoms with van der Waals surface area (Å²) >= 11 is 0. The molecular formula is C31H40N4O6S. The molecule has 0 radical (unpaired) electrons. The summed E-state index contributed by atoms with van der Waals surface area (Å²) in [6.07, 6.45) is 3.54. The molecule has 11 heteroatoms. The van der Waals surface area contributed by atoms with Crippen molar-refractivity contribution < 1.29 is 27.5 Å². The maximum Gasteiger partial charge on any atom is 0.293 e. The number of nitrogens with one attached hydrogen (secondary N) is 2. The van der Waals surface area contributed by atoms with Crippen LogP contribution in [0.4, 0.5) is 5.69 Å². The molecule has 2 N–H and O–H groups in total. The molecule has 0 bridgehead atoms. The van der Waals surface area contributed by atoms with E-state index in [-0.39, 0.29) is 23.6 Å². The van der Waals surface area contributed by atoms with Crippen molar-refractivity contribution in [3.63, 3.8) is 0 Å². The predicted octanol–water partition coefficient (Wildman–Crippen LogP) is 3.20. The van der Waals surface area contributed by atoms with Crippen LogP contribution in [-0.2, 0) is 37.3 Å². The normalized spacial score (nSPS) is 18.4. The fraction of sp³-hybridized carbons (Fsp3) is 0.484. The third-order valence-corrected chi connectivity index (χ3v) is 10.1. The molecule has 5 rings (SSSR count). The number of benzene rings is 2. The van der Waals surface area contributed by atoms with Gasteiger partial charge in [-0.1, -0.05) is 44.2 Å². The Bertz CT molecular complexity index is 1520. The van der Waals surface area contributed by atoms with E-state index >= 15 is 0 Å². The number of aromatic nitrogens is 1. The minimum Gasteiger partial charge on any atom is -0.461 e. The van der Waals surface area contributed by atoms with Crippen molar-refractivity contribution in [2.24, 2.45) is 0 Å². The molecule has 10 nitrogen and oxygen atoms in total. The van der Waals surface area contributed by atoms with E-state index < -0.39 is 22.2 Å². The molecule has 3 aromatic rings.